The lowest BCUT2D eigenvalue weighted by Crippen LogP contribution is -2.17. The fourth-order valence-corrected chi connectivity index (χ4v) is 3.05. The maximum atomic E-state index is 13.4. The number of hydrogen-bond donors (Lipinski definition) is 2. The molecule has 0 bridgehead atoms. The highest BCUT2D eigenvalue weighted by Crippen LogP contribution is 2.24. The van der Waals surface area contributed by atoms with Crippen LogP contribution < -0.4 is 5.73 Å². The summed E-state index contributed by atoms with van der Waals surface area (Å²) in [6.07, 6.45) is 4.44. The molecule has 1 aliphatic carbocycles. The summed E-state index contributed by atoms with van der Waals surface area (Å²) in [5.41, 5.74) is 9.37. The third kappa shape index (κ3) is 2.55. The fraction of sp³-hybridized carbons (Fsp3) is 0.375. The number of nitrogens with one attached hydrogen (secondary N) is 1. The van der Waals surface area contributed by atoms with Crippen molar-refractivity contribution in [3.05, 3.63) is 52.4 Å². The smallest absolute Gasteiger partial charge is 0.123 e. The van der Waals surface area contributed by atoms with E-state index in [-0.39, 0.29) is 11.7 Å². The Labute approximate surface area is 123 Å². The molecule has 1 aromatic carbocycles. The normalized spacial score (nSPS) is 14.0. The molecule has 0 aliphatic heterocycles. The first-order chi connectivity index (χ1) is 10.1. The standard InChI is InChI=1S/C16H19FN4/c1-10-20-14-4-2-3-5-15(14)21(10)9-11-6-7-12(17)8-13(11)16(18)19/h6-8H,2-5,9H2,1H3,(H3,18,19). The van der Waals surface area contributed by atoms with E-state index in [0.29, 0.717) is 12.1 Å². The van der Waals surface area contributed by atoms with Crippen LogP contribution >= 0.6 is 0 Å². The summed E-state index contributed by atoms with van der Waals surface area (Å²) >= 11 is 0. The minimum absolute atomic E-state index is 0.101. The lowest BCUT2D eigenvalue weighted by atomic mass is 10.0. The number of nitrogens with zero attached hydrogens (tertiary/aromatic N) is 2. The van der Waals surface area contributed by atoms with E-state index in [0.717, 1.165) is 24.2 Å². The van der Waals surface area contributed by atoms with E-state index >= 15 is 0 Å². The summed E-state index contributed by atoms with van der Waals surface area (Å²) in [5.74, 6) is 0.505. The number of nitrogens with two attached hydrogens (primary N) is 1. The highest BCUT2D eigenvalue weighted by atomic mass is 19.1. The van der Waals surface area contributed by atoms with Crippen LogP contribution in [0.1, 0.15) is 41.2 Å². The molecular weight excluding hydrogens is 267 g/mol. The zero-order valence-electron chi connectivity index (χ0n) is 12.1. The summed E-state index contributed by atoms with van der Waals surface area (Å²) in [4.78, 5) is 4.64. The van der Waals surface area contributed by atoms with Crippen LogP contribution in [0.4, 0.5) is 4.39 Å². The van der Waals surface area contributed by atoms with Crippen molar-refractivity contribution < 1.29 is 4.39 Å². The average Bonchev–Trinajstić information content (AvgIpc) is 2.77. The molecule has 1 aromatic heterocycles. The van der Waals surface area contributed by atoms with Crippen LogP contribution in [0.25, 0.3) is 0 Å². The molecule has 5 heteroatoms. The highest BCUT2D eigenvalue weighted by Gasteiger charge is 2.19. The molecule has 3 rings (SSSR count). The van der Waals surface area contributed by atoms with Crippen LogP contribution in [-0.4, -0.2) is 15.4 Å². The van der Waals surface area contributed by atoms with E-state index in [2.05, 4.69) is 9.55 Å². The number of halogens is 1. The van der Waals surface area contributed by atoms with Gasteiger partial charge in [0.1, 0.15) is 17.5 Å². The molecule has 1 aliphatic rings. The van der Waals surface area contributed by atoms with E-state index in [1.54, 1.807) is 6.07 Å². The van der Waals surface area contributed by atoms with E-state index in [9.17, 15) is 4.39 Å². The molecule has 0 saturated heterocycles. The number of hydrogen-bond acceptors (Lipinski definition) is 2. The third-order valence-corrected chi connectivity index (χ3v) is 4.11. The Morgan fingerprint density at radius 2 is 2.14 bits per heavy atom. The Morgan fingerprint density at radius 1 is 1.38 bits per heavy atom. The van der Waals surface area contributed by atoms with Gasteiger partial charge in [0.15, 0.2) is 0 Å². The van der Waals surface area contributed by atoms with E-state index < -0.39 is 0 Å². The molecule has 0 fully saturated rings. The molecule has 2 aromatic rings. The van der Waals surface area contributed by atoms with Crippen molar-refractivity contribution >= 4 is 5.84 Å². The molecule has 0 unspecified atom stereocenters. The first-order valence-electron chi connectivity index (χ1n) is 7.24. The topological polar surface area (TPSA) is 67.7 Å². The van der Waals surface area contributed by atoms with Crippen LogP contribution in [0.5, 0.6) is 0 Å². The molecule has 0 spiro atoms. The van der Waals surface area contributed by atoms with Gasteiger partial charge in [0.25, 0.3) is 0 Å². The Hall–Kier alpha value is -2.17. The molecule has 1 heterocycles. The number of amidine groups is 1. The predicted molar refractivity (Wildman–Crippen MR) is 80.1 cm³/mol. The second-order valence-corrected chi connectivity index (χ2v) is 5.56. The monoisotopic (exact) mass is 286 g/mol. The second-order valence-electron chi connectivity index (χ2n) is 5.56. The average molecular weight is 286 g/mol. The molecule has 0 amide bonds. The zero-order valence-corrected chi connectivity index (χ0v) is 12.1. The van der Waals surface area contributed by atoms with Gasteiger partial charge in [-0.1, -0.05) is 6.07 Å². The van der Waals surface area contributed by atoms with Crippen molar-refractivity contribution in [3.63, 3.8) is 0 Å². The summed E-state index contributed by atoms with van der Waals surface area (Å²) < 4.78 is 15.5. The number of nitrogen functional groups attached to an aromatic ring is 1. The number of benzene rings is 1. The van der Waals surface area contributed by atoms with Crippen molar-refractivity contribution in [2.24, 2.45) is 5.73 Å². The molecule has 0 atom stereocenters. The summed E-state index contributed by atoms with van der Waals surface area (Å²) in [7, 11) is 0. The number of imidazole rings is 1. The van der Waals surface area contributed by atoms with Gasteiger partial charge in [-0.05, 0) is 50.3 Å². The van der Waals surface area contributed by atoms with Crippen molar-refractivity contribution in [2.45, 2.75) is 39.2 Å². The van der Waals surface area contributed by atoms with Crippen LogP contribution in [0.3, 0.4) is 0 Å². The van der Waals surface area contributed by atoms with Gasteiger partial charge in [0, 0.05) is 17.8 Å². The van der Waals surface area contributed by atoms with E-state index in [4.69, 9.17) is 11.1 Å². The lowest BCUT2D eigenvalue weighted by molar-refractivity contribution is 0.617. The molecule has 4 nitrogen and oxygen atoms in total. The minimum atomic E-state index is -0.367. The number of aromatic nitrogens is 2. The minimum Gasteiger partial charge on any atom is -0.384 e. The van der Waals surface area contributed by atoms with Crippen molar-refractivity contribution in [2.75, 3.05) is 0 Å². The van der Waals surface area contributed by atoms with Gasteiger partial charge in [-0.2, -0.15) is 0 Å². The highest BCUT2D eigenvalue weighted by molar-refractivity contribution is 5.96. The largest absolute Gasteiger partial charge is 0.384 e. The van der Waals surface area contributed by atoms with Crippen molar-refractivity contribution in [1.82, 2.24) is 9.55 Å². The number of aryl methyl sites for hydroxylation is 2. The molecule has 0 radical (unpaired) electrons. The predicted octanol–water partition coefficient (Wildman–Crippen LogP) is 2.54. The first kappa shape index (κ1) is 13.8. The van der Waals surface area contributed by atoms with E-state index in [1.165, 1.54) is 36.4 Å². The Balaban J connectivity index is 2.01. The molecule has 0 saturated carbocycles. The Morgan fingerprint density at radius 3 is 2.90 bits per heavy atom. The van der Waals surface area contributed by atoms with Crippen LogP contribution in [0.15, 0.2) is 18.2 Å². The van der Waals surface area contributed by atoms with Gasteiger partial charge >= 0.3 is 0 Å². The lowest BCUT2D eigenvalue weighted by Gasteiger charge is -2.16. The van der Waals surface area contributed by atoms with Gasteiger partial charge in [-0.15, -0.1) is 0 Å². The molecule has 110 valence electrons. The number of fused-ring (bicyclic) bond motifs is 1. The van der Waals surface area contributed by atoms with Gasteiger partial charge in [0.05, 0.1) is 5.69 Å². The fourth-order valence-electron chi connectivity index (χ4n) is 3.05. The van der Waals surface area contributed by atoms with Crippen LogP contribution in [0, 0.1) is 18.2 Å². The van der Waals surface area contributed by atoms with E-state index in [1.807, 2.05) is 6.92 Å². The zero-order chi connectivity index (χ0) is 15.0. The van der Waals surface area contributed by atoms with Crippen molar-refractivity contribution in [1.29, 1.82) is 5.41 Å². The number of rotatable bonds is 3. The van der Waals surface area contributed by atoms with Gasteiger partial charge < -0.3 is 10.3 Å². The summed E-state index contributed by atoms with van der Waals surface area (Å²) in [6, 6.07) is 4.46. The molecular formula is C16H19FN4. The SMILES string of the molecule is Cc1nc2c(n1Cc1ccc(F)cc1C(=N)N)CCCC2. The van der Waals surface area contributed by atoms with Gasteiger partial charge in [-0.3, -0.25) is 5.41 Å². The van der Waals surface area contributed by atoms with Gasteiger partial charge in [0.2, 0.25) is 0 Å². The van der Waals surface area contributed by atoms with Gasteiger partial charge in [-0.25, -0.2) is 9.37 Å². The van der Waals surface area contributed by atoms with Crippen LogP contribution in [-0.2, 0) is 19.4 Å². The third-order valence-electron chi connectivity index (χ3n) is 4.11. The summed E-state index contributed by atoms with van der Waals surface area (Å²) in [6.45, 7) is 2.58. The summed E-state index contributed by atoms with van der Waals surface area (Å²) in [5, 5.41) is 7.63. The molecule has 3 N–H and O–H groups in total. The molecule has 21 heavy (non-hydrogen) atoms. The first-order valence-corrected chi connectivity index (χ1v) is 7.24. The Bertz CT molecular complexity index is 703. The van der Waals surface area contributed by atoms with Crippen LogP contribution in [0.2, 0.25) is 0 Å². The van der Waals surface area contributed by atoms with Crippen molar-refractivity contribution in [3.8, 4) is 0 Å². The maximum Gasteiger partial charge on any atom is 0.123 e. The maximum absolute atomic E-state index is 13.4. The second kappa shape index (κ2) is 5.31. The quantitative estimate of drug-likeness (QED) is 0.672. The Kier molecular flexibility index (Phi) is 3.49.